The molecule has 17 heavy (non-hydrogen) atoms. The predicted octanol–water partition coefficient (Wildman–Crippen LogP) is 1.50. The molecule has 0 aromatic carbocycles. The van der Waals surface area contributed by atoms with E-state index in [9.17, 15) is 8.42 Å². The summed E-state index contributed by atoms with van der Waals surface area (Å²) in [7, 11) is -3.21. The lowest BCUT2D eigenvalue weighted by atomic mass is 10.1. The zero-order chi connectivity index (χ0) is 13.1. The smallest absolute Gasteiger partial charge is 0.214 e. The van der Waals surface area contributed by atoms with E-state index in [0.29, 0.717) is 23.9 Å². The van der Waals surface area contributed by atoms with Gasteiger partial charge in [0.05, 0.1) is 16.8 Å². The number of sulfonamides is 1. The first-order chi connectivity index (χ1) is 7.84. The molecule has 1 fully saturated rings. The van der Waals surface area contributed by atoms with E-state index >= 15 is 0 Å². The fraction of sp³-hybridized carbons (Fsp3) is 0.909. The minimum Gasteiger partial charge on any atom is -0.392 e. The van der Waals surface area contributed by atoms with E-state index < -0.39 is 10.0 Å². The first-order valence-electron chi connectivity index (χ1n) is 6.13. The second kappa shape index (κ2) is 6.11. The Kier molecular flexibility index (Phi) is 5.34. The maximum atomic E-state index is 12.2. The van der Waals surface area contributed by atoms with Crippen molar-refractivity contribution in [3.05, 3.63) is 0 Å². The van der Waals surface area contributed by atoms with Gasteiger partial charge in [0, 0.05) is 6.54 Å². The Balaban J connectivity index is 2.76. The van der Waals surface area contributed by atoms with Crippen LogP contribution in [0.3, 0.4) is 0 Å². The zero-order valence-corrected chi connectivity index (χ0v) is 12.2. The van der Waals surface area contributed by atoms with Crippen LogP contribution in [0.4, 0.5) is 0 Å². The Bertz CT molecular complexity index is 366. The SMILES string of the molecule is CC(C)CCS(=O)(=O)N1CCCCC1C(N)=S. The zero-order valence-electron chi connectivity index (χ0n) is 10.6. The molecule has 0 aromatic heterocycles. The van der Waals surface area contributed by atoms with E-state index in [-0.39, 0.29) is 11.8 Å². The summed E-state index contributed by atoms with van der Waals surface area (Å²) < 4.78 is 25.9. The van der Waals surface area contributed by atoms with Crippen molar-refractivity contribution in [1.29, 1.82) is 0 Å². The lowest BCUT2D eigenvalue weighted by Gasteiger charge is -2.34. The normalized spacial score (nSPS) is 22.9. The molecule has 1 heterocycles. The van der Waals surface area contributed by atoms with Crippen LogP contribution in [-0.4, -0.2) is 36.1 Å². The number of piperidine rings is 1. The molecule has 0 aliphatic carbocycles. The summed E-state index contributed by atoms with van der Waals surface area (Å²) in [6.07, 6.45) is 3.34. The van der Waals surface area contributed by atoms with E-state index in [0.717, 1.165) is 19.3 Å². The molecule has 1 aliphatic heterocycles. The lowest BCUT2D eigenvalue weighted by Crippen LogP contribution is -2.50. The van der Waals surface area contributed by atoms with Gasteiger partial charge in [-0.05, 0) is 25.2 Å². The number of nitrogens with two attached hydrogens (primary N) is 1. The Hall–Kier alpha value is -0.200. The van der Waals surface area contributed by atoms with Crippen molar-refractivity contribution in [1.82, 2.24) is 4.31 Å². The Morgan fingerprint density at radius 1 is 1.47 bits per heavy atom. The average molecular weight is 278 g/mol. The highest BCUT2D eigenvalue weighted by Crippen LogP contribution is 2.22. The van der Waals surface area contributed by atoms with Gasteiger partial charge in [-0.1, -0.05) is 32.5 Å². The Morgan fingerprint density at radius 2 is 2.12 bits per heavy atom. The molecule has 0 bridgehead atoms. The van der Waals surface area contributed by atoms with Gasteiger partial charge >= 0.3 is 0 Å². The number of hydrogen-bond acceptors (Lipinski definition) is 3. The van der Waals surface area contributed by atoms with Gasteiger partial charge in [0.15, 0.2) is 0 Å². The van der Waals surface area contributed by atoms with E-state index in [2.05, 4.69) is 0 Å². The molecule has 6 heteroatoms. The molecular formula is C11H22N2O2S2. The highest BCUT2D eigenvalue weighted by Gasteiger charge is 2.33. The third kappa shape index (κ3) is 4.19. The van der Waals surface area contributed by atoms with Crippen LogP contribution in [0.1, 0.15) is 39.5 Å². The minimum atomic E-state index is -3.21. The molecule has 0 saturated carbocycles. The van der Waals surface area contributed by atoms with Gasteiger partial charge in [0.1, 0.15) is 0 Å². The quantitative estimate of drug-likeness (QED) is 0.774. The predicted molar refractivity (Wildman–Crippen MR) is 74.4 cm³/mol. The summed E-state index contributed by atoms with van der Waals surface area (Å²) in [5.41, 5.74) is 5.64. The maximum Gasteiger partial charge on any atom is 0.214 e. The van der Waals surface area contributed by atoms with E-state index in [1.165, 1.54) is 4.31 Å². The average Bonchev–Trinajstić information content (AvgIpc) is 2.26. The number of rotatable bonds is 5. The van der Waals surface area contributed by atoms with Crippen LogP contribution in [0.2, 0.25) is 0 Å². The summed E-state index contributed by atoms with van der Waals surface area (Å²) in [6, 6.07) is -0.268. The lowest BCUT2D eigenvalue weighted by molar-refractivity contribution is 0.305. The summed E-state index contributed by atoms with van der Waals surface area (Å²) in [4.78, 5) is 0.304. The van der Waals surface area contributed by atoms with Crippen LogP contribution < -0.4 is 5.73 Å². The van der Waals surface area contributed by atoms with Gasteiger partial charge in [-0.25, -0.2) is 8.42 Å². The molecule has 0 spiro atoms. The van der Waals surface area contributed by atoms with Gasteiger partial charge in [0.25, 0.3) is 0 Å². The highest BCUT2D eigenvalue weighted by atomic mass is 32.2. The van der Waals surface area contributed by atoms with Crippen LogP contribution in [0, 0.1) is 5.92 Å². The molecule has 1 aliphatic rings. The molecule has 4 nitrogen and oxygen atoms in total. The monoisotopic (exact) mass is 278 g/mol. The van der Waals surface area contributed by atoms with Crippen molar-refractivity contribution >= 4 is 27.2 Å². The Labute approximate surface area is 110 Å². The van der Waals surface area contributed by atoms with Crippen molar-refractivity contribution < 1.29 is 8.42 Å². The second-order valence-electron chi connectivity index (χ2n) is 5.02. The van der Waals surface area contributed by atoms with Crippen LogP contribution in [0.5, 0.6) is 0 Å². The van der Waals surface area contributed by atoms with Gasteiger partial charge in [-0.15, -0.1) is 0 Å². The van der Waals surface area contributed by atoms with Crippen LogP contribution in [-0.2, 0) is 10.0 Å². The molecule has 1 unspecified atom stereocenters. The highest BCUT2D eigenvalue weighted by molar-refractivity contribution is 7.89. The largest absolute Gasteiger partial charge is 0.392 e. The third-order valence-corrected chi connectivity index (χ3v) is 5.27. The Morgan fingerprint density at radius 3 is 2.65 bits per heavy atom. The van der Waals surface area contributed by atoms with Crippen molar-refractivity contribution in [2.75, 3.05) is 12.3 Å². The van der Waals surface area contributed by atoms with Crippen molar-refractivity contribution in [3.8, 4) is 0 Å². The summed E-state index contributed by atoms with van der Waals surface area (Å²) in [5.74, 6) is 0.585. The molecule has 1 atom stereocenters. The first-order valence-corrected chi connectivity index (χ1v) is 8.15. The number of thiocarbonyl (C=S) groups is 1. The molecule has 0 aromatic rings. The van der Waals surface area contributed by atoms with Crippen molar-refractivity contribution in [2.45, 2.75) is 45.6 Å². The molecule has 0 amide bonds. The van der Waals surface area contributed by atoms with Crippen LogP contribution >= 0.6 is 12.2 Å². The standard InChI is InChI=1S/C11H22N2O2S2/c1-9(2)6-8-17(14,15)13-7-4-3-5-10(13)11(12)16/h9-10H,3-8H2,1-2H3,(H2,12,16). The second-order valence-corrected chi connectivity index (χ2v) is 7.54. The third-order valence-electron chi connectivity index (χ3n) is 3.09. The van der Waals surface area contributed by atoms with Gasteiger partial charge in [0.2, 0.25) is 10.0 Å². The molecule has 100 valence electrons. The van der Waals surface area contributed by atoms with Crippen molar-refractivity contribution in [3.63, 3.8) is 0 Å². The van der Waals surface area contributed by atoms with Crippen LogP contribution in [0.25, 0.3) is 0 Å². The molecule has 1 rings (SSSR count). The number of nitrogens with zero attached hydrogens (tertiary/aromatic N) is 1. The molecule has 2 N–H and O–H groups in total. The first kappa shape index (κ1) is 14.9. The molecule has 1 saturated heterocycles. The fourth-order valence-electron chi connectivity index (χ4n) is 2.02. The molecular weight excluding hydrogens is 256 g/mol. The van der Waals surface area contributed by atoms with E-state index in [1.807, 2.05) is 13.8 Å². The molecule has 0 radical (unpaired) electrons. The summed E-state index contributed by atoms with van der Waals surface area (Å²) in [5, 5.41) is 0. The summed E-state index contributed by atoms with van der Waals surface area (Å²) in [6.45, 7) is 4.61. The van der Waals surface area contributed by atoms with Gasteiger partial charge in [-0.2, -0.15) is 4.31 Å². The fourth-order valence-corrected chi connectivity index (χ4v) is 4.35. The number of hydrogen-bond donors (Lipinski definition) is 1. The minimum absolute atomic E-state index is 0.198. The van der Waals surface area contributed by atoms with E-state index in [1.54, 1.807) is 0 Å². The van der Waals surface area contributed by atoms with Gasteiger partial charge in [-0.3, -0.25) is 0 Å². The topological polar surface area (TPSA) is 63.4 Å². The van der Waals surface area contributed by atoms with Crippen LogP contribution in [0.15, 0.2) is 0 Å². The van der Waals surface area contributed by atoms with Crippen molar-refractivity contribution in [2.24, 2.45) is 11.7 Å². The summed E-state index contributed by atoms with van der Waals surface area (Å²) >= 11 is 4.97. The van der Waals surface area contributed by atoms with E-state index in [4.69, 9.17) is 18.0 Å². The van der Waals surface area contributed by atoms with Gasteiger partial charge < -0.3 is 5.73 Å². The maximum absolute atomic E-state index is 12.2.